The van der Waals surface area contributed by atoms with Crippen LogP contribution in [0.1, 0.15) is 91.4 Å². The summed E-state index contributed by atoms with van der Waals surface area (Å²) in [4.78, 5) is 23.5. The SMILES string of the molecule is CCC(=O)OCCC[C@]1(O)CC[C@H]2[C@@H]3CCC4=C(O)C(=O)CC[C@]4(C)[C@H]3CC[C@@]21C. The van der Waals surface area contributed by atoms with Crippen molar-refractivity contribution in [1.29, 1.82) is 0 Å². The second-order valence-corrected chi connectivity index (χ2v) is 10.8. The number of carbonyl (C=O) groups is 2. The van der Waals surface area contributed by atoms with Crippen LogP contribution in [0.15, 0.2) is 11.3 Å². The largest absolute Gasteiger partial charge is 0.504 e. The minimum atomic E-state index is -0.692. The highest BCUT2D eigenvalue weighted by atomic mass is 16.5. The molecule has 0 saturated heterocycles. The number of Topliss-reactive ketones (excluding diaryl/α,β-unsaturated/α-hetero) is 1. The summed E-state index contributed by atoms with van der Waals surface area (Å²) in [6.45, 7) is 6.74. The average molecular weight is 419 g/mol. The number of rotatable bonds is 5. The third-order valence-corrected chi connectivity index (χ3v) is 9.70. The molecule has 0 aliphatic heterocycles. The van der Waals surface area contributed by atoms with Gasteiger partial charge in [-0.3, -0.25) is 9.59 Å². The number of carbonyl (C=O) groups excluding carboxylic acids is 2. The van der Waals surface area contributed by atoms with Gasteiger partial charge in [0.2, 0.25) is 0 Å². The Balaban J connectivity index is 1.50. The number of esters is 1. The molecular formula is C25H38O5. The van der Waals surface area contributed by atoms with Crippen molar-refractivity contribution in [3.63, 3.8) is 0 Å². The molecule has 6 atom stereocenters. The Kier molecular flexibility index (Phi) is 5.57. The summed E-state index contributed by atoms with van der Waals surface area (Å²) < 4.78 is 5.24. The lowest BCUT2D eigenvalue weighted by atomic mass is 9.46. The van der Waals surface area contributed by atoms with Gasteiger partial charge in [0.15, 0.2) is 11.5 Å². The lowest BCUT2D eigenvalue weighted by Crippen LogP contribution is -2.55. The normalized spacial score (nSPS) is 43.1. The fraction of sp³-hybridized carbons (Fsp3) is 0.840. The van der Waals surface area contributed by atoms with E-state index in [9.17, 15) is 19.8 Å². The van der Waals surface area contributed by atoms with Crippen molar-refractivity contribution < 1.29 is 24.5 Å². The minimum Gasteiger partial charge on any atom is -0.504 e. The Morgan fingerprint density at radius 2 is 1.83 bits per heavy atom. The molecule has 4 aliphatic rings. The number of aliphatic hydroxyl groups is 2. The van der Waals surface area contributed by atoms with Crippen molar-refractivity contribution >= 4 is 11.8 Å². The summed E-state index contributed by atoms with van der Waals surface area (Å²) in [5.74, 6) is 1.32. The molecule has 2 N–H and O–H groups in total. The number of aliphatic hydroxyl groups excluding tert-OH is 1. The zero-order valence-corrected chi connectivity index (χ0v) is 18.8. The number of hydrogen-bond donors (Lipinski definition) is 2. The van der Waals surface area contributed by atoms with E-state index in [1.807, 2.05) is 0 Å². The molecule has 0 bridgehead atoms. The fourth-order valence-electron chi connectivity index (χ4n) is 7.86. The molecule has 5 heteroatoms. The molecule has 0 amide bonds. The molecule has 5 nitrogen and oxygen atoms in total. The van der Waals surface area contributed by atoms with Crippen LogP contribution in [0.5, 0.6) is 0 Å². The number of ether oxygens (including phenoxy) is 1. The van der Waals surface area contributed by atoms with E-state index in [1.54, 1.807) is 6.92 Å². The maximum Gasteiger partial charge on any atom is 0.305 e. The molecule has 3 saturated carbocycles. The average Bonchev–Trinajstić information content (AvgIpc) is 2.99. The smallest absolute Gasteiger partial charge is 0.305 e. The second-order valence-electron chi connectivity index (χ2n) is 10.8. The predicted octanol–water partition coefficient (Wildman–Crippen LogP) is 4.87. The second kappa shape index (κ2) is 7.65. The molecule has 0 aromatic carbocycles. The van der Waals surface area contributed by atoms with Crippen LogP contribution in [-0.2, 0) is 14.3 Å². The lowest BCUT2D eigenvalue weighted by molar-refractivity contribution is -0.146. The summed E-state index contributed by atoms with van der Waals surface area (Å²) in [7, 11) is 0. The van der Waals surface area contributed by atoms with Crippen molar-refractivity contribution in [2.24, 2.45) is 28.6 Å². The molecule has 0 spiro atoms. The Labute approximate surface area is 180 Å². The van der Waals surface area contributed by atoms with Crippen molar-refractivity contribution in [3.05, 3.63) is 11.3 Å². The van der Waals surface area contributed by atoms with Crippen LogP contribution in [0.3, 0.4) is 0 Å². The lowest BCUT2D eigenvalue weighted by Gasteiger charge is -2.59. The fourth-order valence-corrected chi connectivity index (χ4v) is 7.86. The number of allylic oxidation sites excluding steroid dienone is 1. The summed E-state index contributed by atoms with van der Waals surface area (Å²) >= 11 is 0. The third-order valence-electron chi connectivity index (χ3n) is 9.70. The van der Waals surface area contributed by atoms with Crippen LogP contribution in [0.2, 0.25) is 0 Å². The van der Waals surface area contributed by atoms with Crippen LogP contribution in [0, 0.1) is 28.6 Å². The first kappa shape index (κ1) is 21.9. The van der Waals surface area contributed by atoms with E-state index in [1.165, 1.54) is 0 Å². The first-order valence-corrected chi connectivity index (χ1v) is 12.0. The van der Waals surface area contributed by atoms with Crippen LogP contribution in [-0.4, -0.2) is 34.2 Å². The van der Waals surface area contributed by atoms with Gasteiger partial charge in [-0.25, -0.2) is 0 Å². The van der Waals surface area contributed by atoms with E-state index >= 15 is 0 Å². The standard InChI is InChI=1S/C25H38O5/c1-4-21(27)30-15-5-11-25(29)14-9-18-16-6-7-19-22(28)20(26)10-12-23(19,2)17(16)8-13-24(18,25)3/h16-18,28-29H,4-15H2,1-3H3/t16-,17+,18+,23-,24+,25+/m1/s1. The maximum absolute atomic E-state index is 12.1. The maximum atomic E-state index is 12.1. The van der Waals surface area contributed by atoms with Gasteiger partial charge in [0.05, 0.1) is 12.2 Å². The van der Waals surface area contributed by atoms with Crippen LogP contribution >= 0.6 is 0 Å². The summed E-state index contributed by atoms with van der Waals surface area (Å²) in [5, 5.41) is 22.2. The van der Waals surface area contributed by atoms with E-state index < -0.39 is 5.60 Å². The van der Waals surface area contributed by atoms with Gasteiger partial charge < -0.3 is 14.9 Å². The molecule has 0 aromatic heterocycles. The van der Waals surface area contributed by atoms with Gasteiger partial charge in [-0.2, -0.15) is 0 Å². The highest BCUT2D eigenvalue weighted by Crippen LogP contribution is 2.68. The van der Waals surface area contributed by atoms with Crippen molar-refractivity contribution in [1.82, 2.24) is 0 Å². The summed E-state index contributed by atoms with van der Waals surface area (Å²) in [6, 6.07) is 0. The van der Waals surface area contributed by atoms with Gasteiger partial charge in [0, 0.05) is 12.8 Å². The van der Waals surface area contributed by atoms with Gasteiger partial charge in [-0.05, 0) is 91.9 Å². The number of hydrogen-bond acceptors (Lipinski definition) is 5. The van der Waals surface area contributed by atoms with Gasteiger partial charge in [0.1, 0.15) is 0 Å². The number of ketones is 1. The molecule has 0 radical (unpaired) electrons. The van der Waals surface area contributed by atoms with Gasteiger partial charge >= 0.3 is 5.97 Å². The molecule has 4 rings (SSSR count). The molecule has 3 fully saturated rings. The highest BCUT2D eigenvalue weighted by Gasteiger charge is 2.63. The molecule has 30 heavy (non-hydrogen) atoms. The van der Waals surface area contributed by atoms with Gasteiger partial charge in [0.25, 0.3) is 0 Å². The van der Waals surface area contributed by atoms with E-state index in [2.05, 4.69) is 13.8 Å². The molecular weight excluding hydrogens is 380 g/mol. The Hall–Kier alpha value is -1.36. The quantitative estimate of drug-likeness (QED) is 0.492. The van der Waals surface area contributed by atoms with E-state index in [0.717, 1.165) is 50.5 Å². The molecule has 0 heterocycles. The highest BCUT2D eigenvalue weighted by molar-refractivity contribution is 5.95. The predicted molar refractivity (Wildman–Crippen MR) is 114 cm³/mol. The van der Waals surface area contributed by atoms with E-state index in [-0.39, 0.29) is 28.3 Å². The Morgan fingerprint density at radius 1 is 1.10 bits per heavy atom. The van der Waals surface area contributed by atoms with Crippen molar-refractivity contribution in [2.45, 2.75) is 97.0 Å². The van der Waals surface area contributed by atoms with Crippen LogP contribution in [0.4, 0.5) is 0 Å². The molecule has 4 aliphatic carbocycles. The molecule has 0 unspecified atom stereocenters. The minimum absolute atomic E-state index is 0.0556. The van der Waals surface area contributed by atoms with Crippen molar-refractivity contribution in [2.75, 3.05) is 6.61 Å². The van der Waals surface area contributed by atoms with E-state index in [0.29, 0.717) is 50.0 Å². The first-order chi connectivity index (χ1) is 14.2. The summed E-state index contributed by atoms with van der Waals surface area (Å²) in [6.07, 6.45) is 8.82. The van der Waals surface area contributed by atoms with Gasteiger partial charge in [-0.1, -0.05) is 20.8 Å². The van der Waals surface area contributed by atoms with Crippen LogP contribution in [0.25, 0.3) is 0 Å². The Morgan fingerprint density at radius 3 is 2.57 bits per heavy atom. The van der Waals surface area contributed by atoms with E-state index in [4.69, 9.17) is 4.74 Å². The topological polar surface area (TPSA) is 83.8 Å². The zero-order valence-electron chi connectivity index (χ0n) is 18.8. The van der Waals surface area contributed by atoms with Gasteiger partial charge in [-0.15, -0.1) is 0 Å². The summed E-state index contributed by atoms with van der Waals surface area (Å²) in [5.41, 5.74) is 0.141. The first-order valence-electron chi connectivity index (χ1n) is 12.0. The monoisotopic (exact) mass is 418 g/mol. The third kappa shape index (κ3) is 3.14. The van der Waals surface area contributed by atoms with Crippen molar-refractivity contribution in [3.8, 4) is 0 Å². The zero-order chi connectivity index (χ0) is 21.7. The van der Waals surface area contributed by atoms with Crippen LogP contribution < -0.4 is 0 Å². The number of fused-ring (bicyclic) bond motifs is 5. The molecule has 168 valence electrons. The molecule has 0 aromatic rings. The Bertz CT molecular complexity index is 757.